The van der Waals surface area contributed by atoms with Gasteiger partial charge in [-0.2, -0.15) is 0 Å². The summed E-state index contributed by atoms with van der Waals surface area (Å²) in [6, 6.07) is 3.90. The SMILES string of the molecule is CN(C)C(=O)CN=C(NCC1CCOC1)NC1CCN(c2ncccc2Cl)C1. The summed E-state index contributed by atoms with van der Waals surface area (Å²) >= 11 is 6.28. The maximum atomic E-state index is 11.9. The number of pyridine rings is 1. The van der Waals surface area contributed by atoms with Crippen molar-refractivity contribution in [3.63, 3.8) is 0 Å². The first-order chi connectivity index (χ1) is 13.5. The third-order valence-corrected chi connectivity index (χ3v) is 5.32. The largest absolute Gasteiger partial charge is 0.381 e. The molecule has 3 rings (SSSR count). The number of carbonyl (C=O) groups is 1. The lowest BCUT2D eigenvalue weighted by molar-refractivity contribution is -0.127. The van der Waals surface area contributed by atoms with Crippen LogP contribution in [0.4, 0.5) is 5.82 Å². The zero-order chi connectivity index (χ0) is 19.9. The van der Waals surface area contributed by atoms with Gasteiger partial charge in [0.25, 0.3) is 0 Å². The molecule has 154 valence electrons. The van der Waals surface area contributed by atoms with E-state index in [4.69, 9.17) is 16.3 Å². The lowest BCUT2D eigenvalue weighted by Crippen LogP contribution is -2.46. The summed E-state index contributed by atoms with van der Waals surface area (Å²) in [5.74, 6) is 1.93. The van der Waals surface area contributed by atoms with Crippen molar-refractivity contribution < 1.29 is 9.53 Å². The van der Waals surface area contributed by atoms with E-state index in [0.717, 1.165) is 51.5 Å². The Morgan fingerprint density at radius 1 is 1.46 bits per heavy atom. The zero-order valence-electron chi connectivity index (χ0n) is 16.5. The van der Waals surface area contributed by atoms with Gasteiger partial charge in [-0.3, -0.25) is 4.79 Å². The van der Waals surface area contributed by atoms with Crippen molar-refractivity contribution in [3.8, 4) is 0 Å². The highest BCUT2D eigenvalue weighted by Gasteiger charge is 2.26. The molecule has 0 bridgehead atoms. The second-order valence-electron chi connectivity index (χ2n) is 7.45. The lowest BCUT2D eigenvalue weighted by Gasteiger charge is -2.21. The monoisotopic (exact) mass is 408 g/mol. The van der Waals surface area contributed by atoms with E-state index < -0.39 is 0 Å². The second kappa shape index (κ2) is 9.93. The Balaban J connectivity index is 1.59. The molecule has 2 fully saturated rings. The molecule has 1 amide bonds. The third kappa shape index (κ3) is 5.72. The van der Waals surface area contributed by atoms with Crippen LogP contribution in [-0.2, 0) is 9.53 Å². The average molecular weight is 409 g/mol. The molecule has 2 saturated heterocycles. The molecule has 8 nitrogen and oxygen atoms in total. The number of rotatable bonds is 6. The third-order valence-electron chi connectivity index (χ3n) is 5.02. The van der Waals surface area contributed by atoms with Crippen LogP contribution in [0.25, 0.3) is 0 Å². The van der Waals surface area contributed by atoms with Crippen LogP contribution in [0.2, 0.25) is 5.02 Å². The molecule has 0 aromatic carbocycles. The van der Waals surface area contributed by atoms with Gasteiger partial charge in [-0.05, 0) is 25.0 Å². The van der Waals surface area contributed by atoms with Crippen molar-refractivity contribution in [2.75, 3.05) is 58.4 Å². The minimum atomic E-state index is -0.0291. The van der Waals surface area contributed by atoms with E-state index in [9.17, 15) is 4.79 Å². The van der Waals surface area contributed by atoms with E-state index in [-0.39, 0.29) is 18.5 Å². The van der Waals surface area contributed by atoms with Gasteiger partial charge in [0.1, 0.15) is 12.4 Å². The summed E-state index contributed by atoms with van der Waals surface area (Å²) < 4.78 is 5.44. The van der Waals surface area contributed by atoms with E-state index >= 15 is 0 Å². The molecule has 0 saturated carbocycles. The number of carbonyl (C=O) groups excluding carboxylic acids is 1. The number of nitrogens with one attached hydrogen (secondary N) is 2. The lowest BCUT2D eigenvalue weighted by atomic mass is 10.1. The maximum Gasteiger partial charge on any atom is 0.243 e. The molecule has 1 aromatic rings. The molecule has 28 heavy (non-hydrogen) atoms. The van der Waals surface area contributed by atoms with E-state index in [1.807, 2.05) is 12.1 Å². The predicted molar refractivity (Wildman–Crippen MR) is 111 cm³/mol. The van der Waals surface area contributed by atoms with Gasteiger partial charge in [-0.15, -0.1) is 0 Å². The van der Waals surface area contributed by atoms with Crippen LogP contribution < -0.4 is 15.5 Å². The first-order valence-corrected chi connectivity index (χ1v) is 10.1. The summed E-state index contributed by atoms with van der Waals surface area (Å²) in [5, 5.41) is 7.51. The Bertz CT molecular complexity index is 693. The molecule has 2 aliphatic rings. The standard InChI is InChI=1S/C19H29ClN6O2/c1-25(2)17(27)11-23-19(22-10-14-6-9-28-13-14)24-15-5-8-26(12-15)18-16(20)4-3-7-21-18/h3-4,7,14-15H,5-6,8-13H2,1-2H3,(H2,22,23,24). The van der Waals surface area contributed by atoms with Gasteiger partial charge in [0.2, 0.25) is 5.91 Å². The highest BCUT2D eigenvalue weighted by molar-refractivity contribution is 6.32. The van der Waals surface area contributed by atoms with E-state index in [1.165, 1.54) is 0 Å². The molecular formula is C19H29ClN6O2. The Morgan fingerprint density at radius 2 is 2.32 bits per heavy atom. The molecule has 2 atom stereocenters. The Labute approximate surface area is 171 Å². The fraction of sp³-hybridized carbons (Fsp3) is 0.632. The van der Waals surface area contributed by atoms with Crippen LogP contribution in [0.5, 0.6) is 0 Å². The molecule has 2 unspecified atom stereocenters. The van der Waals surface area contributed by atoms with Crippen molar-refractivity contribution in [2.45, 2.75) is 18.9 Å². The van der Waals surface area contributed by atoms with Crippen LogP contribution in [-0.4, -0.2) is 81.3 Å². The number of nitrogens with zero attached hydrogens (tertiary/aromatic N) is 4. The number of ether oxygens (including phenoxy) is 1. The van der Waals surface area contributed by atoms with Gasteiger partial charge < -0.3 is 25.2 Å². The number of aliphatic imine (C=N–C) groups is 1. The highest BCUT2D eigenvalue weighted by Crippen LogP contribution is 2.25. The van der Waals surface area contributed by atoms with Crippen molar-refractivity contribution in [1.82, 2.24) is 20.5 Å². The minimum Gasteiger partial charge on any atom is -0.381 e. The number of amides is 1. The van der Waals surface area contributed by atoms with E-state index in [0.29, 0.717) is 16.9 Å². The van der Waals surface area contributed by atoms with Crippen LogP contribution in [0, 0.1) is 5.92 Å². The molecule has 0 spiro atoms. The Hall–Kier alpha value is -2.06. The fourth-order valence-electron chi connectivity index (χ4n) is 3.30. The minimum absolute atomic E-state index is 0.0291. The smallest absolute Gasteiger partial charge is 0.243 e. The van der Waals surface area contributed by atoms with Gasteiger partial charge in [0.05, 0.1) is 11.6 Å². The van der Waals surface area contributed by atoms with E-state index in [2.05, 4.69) is 25.5 Å². The Kier molecular flexibility index (Phi) is 7.33. The molecule has 0 radical (unpaired) electrons. The first kappa shape index (κ1) is 20.7. The summed E-state index contributed by atoms with van der Waals surface area (Å²) in [5.41, 5.74) is 0. The Morgan fingerprint density at radius 3 is 3.04 bits per heavy atom. The van der Waals surface area contributed by atoms with Crippen molar-refractivity contribution >= 4 is 29.3 Å². The molecule has 9 heteroatoms. The zero-order valence-corrected chi connectivity index (χ0v) is 17.3. The summed E-state index contributed by atoms with van der Waals surface area (Å²) in [6.45, 7) is 4.14. The van der Waals surface area contributed by atoms with Crippen LogP contribution in [0.3, 0.4) is 0 Å². The molecule has 2 N–H and O–H groups in total. The van der Waals surface area contributed by atoms with Gasteiger partial charge in [0.15, 0.2) is 5.96 Å². The maximum absolute atomic E-state index is 11.9. The van der Waals surface area contributed by atoms with Gasteiger partial charge in [-0.1, -0.05) is 11.6 Å². The second-order valence-corrected chi connectivity index (χ2v) is 7.86. The average Bonchev–Trinajstić information content (AvgIpc) is 3.36. The molecule has 3 heterocycles. The topological polar surface area (TPSA) is 82.1 Å². The number of likely N-dealkylation sites (N-methyl/N-ethyl adjacent to an activating group) is 1. The van der Waals surface area contributed by atoms with Crippen molar-refractivity contribution in [1.29, 1.82) is 0 Å². The summed E-state index contributed by atoms with van der Waals surface area (Å²) in [6.07, 6.45) is 3.75. The van der Waals surface area contributed by atoms with Crippen LogP contribution in [0.1, 0.15) is 12.8 Å². The first-order valence-electron chi connectivity index (χ1n) is 9.71. The van der Waals surface area contributed by atoms with Crippen LogP contribution >= 0.6 is 11.6 Å². The van der Waals surface area contributed by atoms with E-state index in [1.54, 1.807) is 25.2 Å². The highest BCUT2D eigenvalue weighted by atomic mass is 35.5. The number of hydrogen-bond acceptors (Lipinski definition) is 5. The fourth-order valence-corrected chi connectivity index (χ4v) is 3.54. The number of anilines is 1. The van der Waals surface area contributed by atoms with Crippen LogP contribution in [0.15, 0.2) is 23.3 Å². The van der Waals surface area contributed by atoms with Crippen molar-refractivity contribution in [3.05, 3.63) is 23.4 Å². The number of hydrogen-bond donors (Lipinski definition) is 2. The summed E-state index contributed by atoms with van der Waals surface area (Å²) in [4.78, 5) is 24.5. The molecule has 0 aliphatic carbocycles. The van der Waals surface area contributed by atoms with Gasteiger partial charge in [-0.25, -0.2) is 9.98 Å². The number of guanidine groups is 1. The number of aromatic nitrogens is 1. The molecular weight excluding hydrogens is 380 g/mol. The predicted octanol–water partition coefficient (Wildman–Crippen LogP) is 0.974. The van der Waals surface area contributed by atoms with Gasteiger partial charge >= 0.3 is 0 Å². The number of halogens is 1. The normalized spacial score (nSPS) is 22.4. The summed E-state index contributed by atoms with van der Waals surface area (Å²) in [7, 11) is 3.47. The molecule has 2 aliphatic heterocycles. The van der Waals surface area contributed by atoms with Gasteiger partial charge in [0, 0.05) is 58.5 Å². The quantitative estimate of drug-likeness (QED) is 0.539. The molecule has 1 aromatic heterocycles. The van der Waals surface area contributed by atoms with Crippen molar-refractivity contribution in [2.24, 2.45) is 10.9 Å².